The number of ether oxygens (including phenoxy) is 1. The highest BCUT2D eigenvalue weighted by molar-refractivity contribution is 14.1. The molecule has 1 amide bonds. The van der Waals surface area contributed by atoms with E-state index in [0.29, 0.717) is 11.3 Å². The largest absolute Gasteiger partial charge is 0.496 e. The van der Waals surface area contributed by atoms with Crippen molar-refractivity contribution < 1.29 is 9.53 Å². The van der Waals surface area contributed by atoms with Crippen LogP contribution in [0.25, 0.3) is 0 Å². The quantitative estimate of drug-likeness (QED) is 0.468. The molecule has 1 aromatic carbocycles. The monoisotopic (exact) mass is 347 g/mol. The summed E-state index contributed by atoms with van der Waals surface area (Å²) < 4.78 is 6.33. The Kier molecular flexibility index (Phi) is 7.00. The zero-order chi connectivity index (χ0) is 12.5. The molecule has 4 heteroatoms. The Morgan fingerprint density at radius 2 is 2.06 bits per heavy atom. The first-order valence-corrected chi connectivity index (χ1v) is 7.29. The number of methoxy groups -OCH3 is 1. The summed E-state index contributed by atoms with van der Waals surface area (Å²) >= 11 is 2.37. The Labute approximate surface area is 116 Å². The second-order valence-corrected chi connectivity index (χ2v) is 4.78. The molecule has 0 aromatic heterocycles. The van der Waals surface area contributed by atoms with Crippen LogP contribution in [0.3, 0.4) is 0 Å². The second-order valence-electron chi connectivity index (χ2n) is 3.71. The van der Waals surface area contributed by atoms with Crippen LogP contribution in [0.1, 0.15) is 29.6 Å². The molecule has 1 rings (SSSR count). The number of carbonyl (C=O) groups excluding carboxylic acids is 1. The molecule has 0 bridgehead atoms. The van der Waals surface area contributed by atoms with Gasteiger partial charge in [-0.1, -0.05) is 41.1 Å². The SMILES string of the molecule is COc1ccccc1C(=O)NCCCCCI. The van der Waals surface area contributed by atoms with Crippen LogP contribution in [0, 0.1) is 0 Å². The number of para-hydroxylation sites is 1. The zero-order valence-electron chi connectivity index (χ0n) is 10.0. The van der Waals surface area contributed by atoms with Gasteiger partial charge in [-0.2, -0.15) is 0 Å². The predicted octanol–water partition coefficient (Wildman–Crippen LogP) is 3.03. The smallest absolute Gasteiger partial charge is 0.255 e. The van der Waals surface area contributed by atoms with E-state index in [0.717, 1.165) is 19.4 Å². The molecule has 17 heavy (non-hydrogen) atoms. The molecule has 3 nitrogen and oxygen atoms in total. The molecule has 0 spiro atoms. The highest BCUT2D eigenvalue weighted by Gasteiger charge is 2.09. The molecule has 1 aromatic rings. The van der Waals surface area contributed by atoms with Gasteiger partial charge in [0.1, 0.15) is 5.75 Å². The highest BCUT2D eigenvalue weighted by atomic mass is 127. The molecule has 1 N–H and O–H groups in total. The topological polar surface area (TPSA) is 38.3 Å². The van der Waals surface area contributed by atoms with Gasteiger partial charge in [0.2, 0.25) is 0 Å². The van der Waals surface area contributed by atoms with Crippen molar-refractivity contribution in [1.29, 1.82) is 0 Å². The molecule has 0 unspecified atom stereocenters. The van der Waals surface area contributed by atoms with Crippen LogP contribution in [0.2, 0.25) is 0 Å². The van der Waals surface area contributed by atoms with Crippen molar-refractivity contribution in [2.75, 3.05) is 18.1 Å². The first-order valence-electron chi connectivity index (χ1n) is 5.76. The van der Waals surface area contributed by atoms with Gasteiger partial charge in [0.25, 0.3) is 5.91 Å². The van der Waals surface area contributed by atoms with Gasteiger partial charge in [0.05, 0.1) is 12.7 Å². The number of benzene rings is 1. The summed E-state index contributed by atoms with van der Waals surface area (Å²) in [5.74, 6) is 0.564. The van der Waals surface area contributed by atoms with Gasteiger partial charge < -0.3 is 10.1 Å². The van der Waals surface area contributed by atoms with Crippen LogP contribution < -0.4 is 10.1 Å². The van der Waals surface area contributed by atoms with Gasteiger partial charge in [-0.3, -0.25) is 4.79 Å². The van der Waals surface area contributed by atoms with E-state index in [4.69, 9.17) is 4.74 Å². The predicted molar refractivity (Wildman–Crippen MR) is 78.1 cm³/mol. The Morgan fingerprint density at radius 1 is 1.29 bits per heavy atom. The number of carbonyl (C=O) groups is 1. The molecule has 0 saturated heterocycles. The van der Waals surface area contributed by atoms with E-state index in [1.54, 1.807) is 19.2 Å². The zero-order valence-corrected chi connectivity index (χ0v) is 12.2. The molecule has 0 saturated carbocycles. The van der Waals surface area contributed by atoms with Gasteiger partial charge in [-0.05, 0) is 29.4 Å². The first-order chi connectivity index (χ1) is 8.29. The van der Waals surface area contributed by atoms with E-state index in [2.05, 4.69) is 27.9 Å². The summed E-state index contributed by atoms with van der Waals surface area (Å²) in [6.07, 6.45) is 3.41. The maximum absolute atomic E-state index is 11.9. The van der Waals surface area contributed by atoms with Crippen LogP contribution in [-0.4, -0.2) is 24.0 Å². The second kappa shape index (κ2) is 8.33. The van der Waals surface area contributed by atoms with E-state index in [1.807, 2.05) is 12.1 Å². The van der Waals surface area contributed by atoms with Gasteiger partial charge in [0, 0.05) is 6.54 Å². The summed E-state index contributed by atoms with van der Waals surface area (Å²) in [7, 11) is 1.58. The maximum Gasteiger partial charge on any atom is 0.255 e. The van der Waals surface area contributed by atoms with Gasteiger partial charge in [0.15, 0.2) is 0 Å². The van der Waals surface area contributed by atoms with Gasteiger partial charge >= 0.3 is 0 Å². The van der Waals surface area contributed by atoms with Crippen LogP contribution in [0.5, 0.6) is 5.75 Å². The molecule has 0 heterocycles. The maximum atomic E-state index is 11.9. The lowest BCUT2D eigenvalue weighted by Crippen LogP contribution is -2.24. The lowest BCUT2D eigenvalue weighted by atomic mass is 10.2. The highest BCUT2D eigenvalue weighted by Crippen LogP contribution is 2.16. The average molecular weight is 347 g/mol. The van der Waals surface area contributed by atoms with Crippen LogP contribution in [0.15, 0.2) is 24.3 Å². The molecule has 0 aliphatic rings. The normalized spacial score (nSPS) is 10.0. The molecule has 0 radical (unpaired) electrons. The number of halogens is 1. The van der Waals surface area contributed by atoms with Crippen molar-refractivity contribution in [3.05, 3.63) is 29.8 Å². The van der Waals surface area contributed by atoms with Crippen molar-refractivity contribution in [1.82, 2.24) is 5.32 Å². The third-order valence-corrected chi connectivity index (χ3v) is 3.21. The molecular weight excluding hydrogens is 329 g/mol. The van der Waals surface area contributed by atoms with E-state index in [9.17, 15) is 4.79 Å². The lowest BCUT2D eigenvalue weighted by molar-refractivity contribution is 0.0950. The van der Waals surface area contributed by atoms with E-state index >= 15 is 0 Å². The van der Waals surface area contributed by atoms with Gasteiger partial charge in [-0.25, -0.2) is 0 Å². The molecule has 94 valence electrons. The minimum Gasteiger partial charge on any atom is -0.496 e. The molecule has 0 aliphatic heterocycles. The first kappa shape index (κ1) is 14.3. The Morgan fingerprint density at radius 3 is 2.76 bits per heavy atom. The van der Waals surface area contributed by atoms with Crippen molar-refractivity contribution in [2.45, 2.75) is 19.3 Å². The average Bonchev–Trinajstić information content (AvgIpc) is 2.38. The van der Waals surface area contributed by atoms with Crippen molar-refractivity contribution in [3.8, 4) is 5.75 Å². The lowest BCUT2D eigenvalue weighted by Gasteiger charge is -2.08. The van der Waals surface area contributed by atoms with Crippen LogP contribution in [-0.2, 0) is 0 Å². The standard InChI is InChI=1S/C13H18INO2/c1-17-12-8-4-3-7-11(12)13(16)15-10-6-2-5-9-14/h3-4,7-8H,2,5-6,9-10H2,1H3,(H,15,16). The molecule has 0 fully saturated rings. The summed E-state index contributed by atoms with van der Waals surface area (Å²) in [5.41, 5.74) is 0.601. The number of nitrogens with one attached hydrogen (secondary N) is 1. The summed E-state index contributed by atoms with van der Waals surface area (Å²) in [4.78, 5) is 11.9. The number of hydrogen-bond acceptors (Lipinski definition) is 2. The van der Waals surface area contributed by atoms with E-state index in [1.165, 1.54) is 10.8 Å². The number of hydrogen-bond donors (Lipinski definition) is 1. The van der Waals surface area contributed by atoms with Crippen molar-refractivity contribution in [2.24, 2.45) is 0 Å². The number of alkyl halides is 1. The Bertz CT molecular complexity index is 355. The van der Waals surface area contributed by atoms with E-state index < -0.39 is 0 Å². The van der Waals surface area contributed by atoms with Crippen molar-refractivity contribution in [3.63, 3.8) is 0 Å². The van der Waals surface area contributed by atoms with Crippen molar-refractivity contribution >= 4 is 28.5 Å². The Balaban J connectivity index is 2.41. The summed E-state index contributed by atoms with van der Waals surface area (Å²) in [6, 6.07) is 7.27. The number of unbranched alkanes of at least 4 members (excludes halogenated alkanes) is 2. The fourth-order valence-corrected chi connectivity index (χ4v) is 2.07. The summed E-state index contributed by atoms with van der Waals surface area (Å²) in [5, 5.41) is 2.91. The number of amides is 1. The number of rotatable bonds is 7. The Hall–Kier alpha value is -0.780. The third kappa shape index (κ3) is 4.93. The molecular formula is C13H18INO2. The molecule has 0 atom stereocenters. The van der Waals surface area contributed by atoms with Gasteiger partial charge in [-0.15, -0.1) is 0 Å². The molecule has 0 aliphatic carbocycles. The minimum atomic E-state index is -0.0584. The summed E-state index contributed by atoms with van der Waals surface area (Å²) in [6.45, 7) is 0.730. The van der Waals surface area contributed by atoms with Crippen LogP contribution in [0.4, 0.5) is 0 Å². The van der Waals surface area contributed by atoms with E-state index in [-0.39, 0.29) is 5.91 Å². The fourth-order valence-electron chi connectivity index (χ4n) is 1.53. The van der Waals surface area contributed by atoms with Crippen LogP contribution >= 0.6 is 22.6 Å². The fraction of sp³-hybridized carbons (Fsp3) is 0.462. The third-order valence-electron chi connectivity index (χ3n) is 2.45. The minimum absolute atomic E-state index is 0.0584.